The van der Waals surface area contributed by atoms with Gasteiger partial charge in [-0.25, -0.2) is 14.4 Å². The van der Waals surface area contributed by atoms with Gasteiger partial charge in [-0.3, -0.25) is 4.79 Å². The SMILES string of the molecule is COCC(=O)N1CCCC1c1nc(N(C)C)ncc1-c1cccc(F)c1. The number of carbonyl (C=O) groups is 1. The number of hydrogen-bond donors (Lipinski definition) is 0. The minimum Gasteiger partial charge on any atom is -0.375 e. The lowest BCUT2D eigenvalue weighted by molar-refractivity contribution is -0.136. The molecule has 1 saturated heterocycles. The van der Waals surface area contributed by atoms with Crippen molar-refractivity contribution in [1.82, 2.24) is 14.9 Å². The second kappa shape index (κ2) is 7.78. The summed E-state index contributed by atoms with van der Waals surface area (Å²) in [5.41, 5.74) is 2.20. The molecule has 1 aromatic heterocycles. The van der Waals surface area contributed by atoms with E-state index in [2.05, 4.69) is 4.98 Å². The van der Waals surface area contributed by atoms with Crippen LogP contribution in [0.25, 0.3) is 11.1 Å². The summed E-state index contributed by atoms with van der Waals surface area (Å²) >= 11 is 0. The zero-order chi connectivity index (χ0) is 18.7. The monoisotopic (exact) mass is 358 g/mol. The molecule has 1 aliphatic rings. The van der Waals surface area contributed by atoms with E-state index in [1.54, 1.807) is 17.2 Å². The minimum absolute atomic E-state index is 0.0391. The number of ether oxygens (including phenoxy) is 1. The highest BCUT2D eigenvalue weighted by molar-refractivity contribution is 5.79. The zero-order valence-corrected chi connectivity index (χ0v) is 15.3. The van der Waals surface area contributed by atoms with Crippen LogP contribution in [-0.2, 0) is 9.53 Å². The third kappa shape index (κ3) is 3.67. The summed E-state index contributed by atoms with van der Waals surface area (Å²) in [5.74, 6) is 0.181. The van der Waals surface area contributed by atoms with Crippen LogP contribution in [0.4, 0.5) is 10.3 Å². The molecule has 1 aromatic carbocycles. The van der Waals surface area contributed by atoms with Crippen molar-refractivity contribution in [3.63, 3.8) is 0 Å². The summed E-state index contributed by atoms with van der Waals surface area (Å²) in [7, 11) is 5.24. The van der Waals surface area contributed by atoms with Crippen LogP contribution in [0, 0.1) is 5.82 Å². The first-order valence-corrected chi connectivity index (χ1v) is 8.60. The largest absolute Gasteiger partial charge is 0.375 e. The quantitative estimate of drug-likeness (QED) is 0.822. The Labute approximate surface area is 152 Å². The molecule has 138 valence electrons. The van der Waals surface area contributed by atoms with Crippen molar-refractivity contribution in [3.05, 3.63) is 42.0 Å². The number of halogens is 1. The van der Waals surface area contributed by atoms with Gasteiger partial charge in [0, 0.05) is 39.5 Å². The number of benzene rings is 1. The smallest absolute Gasteiger partial charge is 0.249 e. The van der Waals surface area contributed by atoms with Crippen molar-refractivity contribution in [2.24, 2.45) is 0 Å². The Kier molecular flexibility index (Phi) is 5.46. The fourth-order valence-corrected chi connectivity index (χ4v) is 3.29. The summed E-state index contributed by atoms with van der Waals surface area (Å²) in [6, 6.07) is 6.20. The summed E-state index contributed by atoms with van der Waals surface area (Å²) in [4.78, 5) is 25.1. The molecule has 1 unspecified atom stereocenters. The maximum Gasteiger partial charge on any atom is 0.249 e. The topological polar surface area (TPSA) is 58.6 Å². The highest BCUT2D eigenvalue weighted by atomic mass is 19.1. The molecule has 2 heterocycles. The standard InChI is InChI=1S/C19H23FN4O2/c1-23(2)19-21-11-15(13-6-4-7-14(20)10-13)18(22-19)16-8-5-9-24(16)17(25)12-26-3/h4,6-7,10-11,16H,5,8-9,12H2,1-3H3. The number of anilines is 1. The van der Waals surface area contributed by atoms with E-state index in [-0.39, 0.29) is 24.4 Å². The number of aromatic nitrogens is 2. The number of carbonyl (C=O) groups excluding carboxylic acids is 1. The van der Waals surface area contributed by atoms with Crippen LogP contribution in [0.5, 0.6) is 0 Å². The number of nitrogens with zero attached hydrogens (tertiary/aromatic N) is 4. The van der Waals surface area contributed by atoms with Gasteiger partial charge in [0.1, 0.15) is 12.4 Å². The molecule has 0 bridgehead atoms. The first kappa shape index (κ1) is 18.3. The van der Waals surface area contributed by atoms with Crippen molar-refractivity contribution >= 4 is 11.9 Å². The van der Waals surface area contributed by atoms with E-state index >= 15 is 0 Å². The number of methoxy groups -OCH3 is 1. The Balaban J connectivity index is 2.08. The van der Waals surface area contributed by atoms with Gasteiger partial charge >= 0.3 is 0 Å². The summed E-state index contributed by atoms with van der Waals surface area (Å²) in [5, 5.41) is 0. The first-order valence-electron chi connectivity index (χ1n) is 8.60. The van der Waals surface area contributed by atoms with Gasteiger partial charge < -0.3 is 14.5 Å². The number of rotatable bonds is 5. The molecule has 3 rings (SSSR count). The van der Waals surface area contributed by atoms with Crippen LogP contribution in [0.15, 0.2) is 30.5 Å². The molecule has 0 N–H and O–H groups in total. The predicted molar refractivity (Wildman–Crippen MR) is 97.3 cm³/mol. The highest BCUT2D eigenvalue weighted by Gasteiger charge is 2.33. The minimum atomic E-state index is -0.316. The fraction of sp³-hybridized carbons (Fsp3) is 0.421. The predicted octanol–water partition coefficient (Wildman–Crippen LogP) is 2.66. The molecule has 0 radical (unpaired) electrons. The molecule has 0 spiro atoms. The Morgan fingerprint density at radius 3 is 2.92 bits per heavy atom. The molecule has 0 aliphatic carbocycles. The third-order valence-electron chi connectivity index (χ3n) is 4.50. The molecule has 1 amide bonds. The molecule has 2 aromatic rings. The van der Waals surface area contributed by atoms with E-state index in [1.807, 2.05) is 25.1 Å². The molecule has 1 aliphatic heterocycles. The average Bonchev–Trinajstić information content (AvgIpc) is 3.11. The van der Waals surface area contributed by atoms with Gasteiger partial charge in [0.2, 0.25) is 11.9 Å². The van der Waals surface area contributed by atoms with Crippen LogP contribution in [-0.4, -0.2) is 55.1 Å². The molecule has 1 fully saturated rings. The van der Waals surface area contributed by atoms with E-state index in [9.17, 15) is 9.18 Å². The third-order valence-corrected chi connectivity index (χ3v) is 4.50. The summed E-state index contributed by atoms with van der Waals surface area (Å²) in [6.07, 6.45) is 3.41. The lowest BCUT2D eigenvalue weighted by Crippen LogP contribution is -2.34. The van der Waals surface area contributed by atoms with E-state index in [0.29, 0.717) is 18.1 Å². The molecule has 1 atom stereocenters. The summed E-state index contributed by atoms with van der Waals surface area (Å²) < 4.78 is 18.8. The first-order chi connectivity index (χ1) is 12.5. The van der Waals surface area contributed by atoms with Crippen LogP contribution >= 0.6 is 0 Å². The van der Waals surface area contributed by atoms with Crippen molar-refractivity contribution in [1.29, 1.82) is 0 Å². The fourth-order valence-electron chi connectivity index (χ4n) is 3.29. The van der Waals surface area contributed by atoms with Gasteiger partial charge in [0.25, 0.3) is 0 Å². The molecular formula is C19H23FN4O2. The second-order valence-electron chi connectivity index (χ2n) is 6.55. The van der Waals surface area contributed by atoms with Gasteiger partial charge in [0.15, 0.2) is 0 Å². The van der Waals surface area contributed by atoms with Crippen LogP contribution < -0.4 is 4.90 Å². The van der Waals surface area contributed by atoms with Gasteiger partial charge in [-0.05, 0) is 30.5 Å². The Hall–Kier alpha value is -2.54. The molecule has 26 heavy (non-hydrogen) atoms. The Bertz CT molecular complexity index is 797. The van der Waals surface area contributed by atoms with Crippen LogP contribution in [0.3, 0.4) is 0 Å². The van der Waals surface area contributed by atoms with E-state index < -0.39 is 0 Å². The molecule has 7 heteroatoms. The average molecular weight is 358 g/mol. The number of amides is 1. The highest BCUT2D eigenvalue weighted by Crippen LogP contribution is 2.37. The van der Waals surface area contributed by atoms with E-state index in [1.165, 1.54) is 19.2 Å². The van der Waals surface area contributed by atoms with Crippen molar-refractivity contribution in [2.75, 3.05) is 39.3 Å². The van der Waals surface area contributed by atoms with Crippen molar-refractivity contribution < 1.29 is 13.9 Å². The number of hydrogen-bond acceptors (Lipinski definition) is 5. The zero-order valence-electron chi connectivity index (χ0n) is 15.3. The second-order valence-corrected chi connectivity index (χ2v) is 6.55. The Morgan fingerprint density at radius 2 is 2.23 bits per heavy atom. The van der Waals surface area contributed by atoms with Crippen molar-refractivity contribution in [2.45, 2.75) is 18.9 Å². The van der Waals surface area contributed by atoms with Crippen LogP contribution in [0.1, 0.15) is 24.6 Å². The maximum atomic E-state index is 13.7. The van der Waals surface area contributed by atoms with E-state index in [0.717, 1.165) is 24.1 Å². The molecular weight excluding hydrogens is 335 g/mol. The van der Waals surface area contributed by atoms with Gasteiger partial charge in [0.05, 0.1) is 11.7 Å². The van der Waals surface area contributed by atoms with Gasteiger partial charge in [-0.15, -0.1) is 0 Å². The van der Waals surface area contributed by atoms with Crippen LogP contribution in [0.2, 0.25) is 0 Å². The Morgan fingerprint density at radius 1 is 1.42 bits per heavy atom. The lowest BCUT2D eigenvalue weighted by Gasteiger charge is -2.26. The molecule has 6 nitrogen and oxygen atoms in total. The van der Waals surface area contributed by atoms with Crippen molar-refractivity contribution in [3.8, 4) is 11.1 Å². The van der Waals surface area contributed by atoms with Gasteiger partial charge in [-0.1, -0.05) is 12.1 Å². The normalized spacial score (nSPS) is 16.8. The van der Waals surface area contributed by atoms with Gasteiger partial charge in [-0.2, -0.15) is 0 Å². The lowest BCUT2D eigenvalue weighted by atomic mass is 9.99. The molecule has 0 saturated carbocycles. The van der Waals surface area contributed by atoms with E-state index in [4.69, 9.17) is 9.72 Å². The summed E-state index contributed by atoms with van der Waals surface area (Å²) in [6.45, 7) is 0.703. The maximum absolute atomic E-state index is 13.7. The number of likely N-dealkylation sites (tertiary alicyclic amines) is 1.